The molecular weight excluding hydrogens is 346 g/mol. The van der Waals surface area contributed by atoms with Gasteiger partial charge in [-0.25, -0.2) is 5.10 Å². The minimum Gasteiger partial charge on any atom is -0.491 e. The van der Waals surface area contributed by atoms with Crippen molar-refractivity contribution in [3.8, 4) is 16.9 Å². The van der Waals surface area contributed by atoms with E-state index < -0.39 is 0 Å². The molecule has 1 heterocycles. The summed E-state index contributed by atoms with van der Waals surface area (Å²) in [5.41, 5.74) is 6.10. The zero-order valence-corrected chi connectivity index (χ0v) is 14.9. The van der Waals surface area contributed by atoms with Gasteiger partial charge in [0, 0.05) is 25.2 Å². The van der Waals surface area contributed by atoms with Crippen molar-refractivity contribution < 1.29 is 14.7 Å². The molecule has 0 atom stereocenters. The number of rotatable bonds is 8. The molecule has 0 aliphatic rings. The molecule has 3 aromatic rings. The van der Waals surface area contributed by atoms with E-state index in [-0.39, 0.29) is 5.56 Å². The molecule has 0 aliphatic carbocycles. The van der Waals surface area contributed by atoms with E-state index in [2.05, 4.69) is 15.7 Å². The number of nitrogens with one attached hydrogen (secondary N) is 2. The van der Waals surface area contributed by atoms with Gasteiger partial charge in [0.25, 0.3) is 5.56 Å². The maximum atomic E-state index is 11.2. The molecule has 3 rings (SSSR count). The molecule has 0 radical (unpaired) electrons. The van der Waals surface area contributed by atoms with Gasteiger partial charge in [0.1, 0.15) is 12.4 Å². The fourth-order valence-corrected chi connectivity index (χ4v) is 2.71. The first-order chi connectivity index (χ1) is 13.2. The first-order valence-electron chi connectivity index (χ1n) is 8.49. The first-order valence-corrected chi connectivity index (χ1v) is 8.49. The lowest BCUT2D eigenvalue weighted by Gasteiger charge is -2.14. The summed E-state index contributed by atoms with van der Waals surface area (Å²) in [6, 6.07) is 16.5. The molecule has 0 saturated heterocycles. The largest absolute Gasteiger partial charge is 0.491 e. The van der Waals surface area contributed by atoms with Gasteiger partial charge in [-0.05, 0) is 41.5 Å². The smallest absolute Gasteiger partial charge is 0.264 e. The van der Waals surface area contributed by atoms with Crippen LogP contribution < -0.4 is 15.8 Å². The van der Waals surface area contributed by atoms with E-state index in [4.69, 9.17) is 9.47 Å². The quantitative estimate of drug-likeness (QED) is 0.418. The summed E-state index contributed by atoms with van der Waals surface area (Å²) in [4.78, 5) is 11.2. The number of hydrogen-bond donors (Lipinski definition) is 3. The molecular formula is C20H21N3O4. The average molecular weight is 367 g/mol. The van der Waals surface area contributed by atoms with E-state index in [0.29, 0.717) is 25.3 Å². The van der Waals surface area contributed by atoms with Crippen LogP contribution in [0.4, 0.5) is 5.69 Å². The molecule has 0 fully saturated rings. The summed E-state index contributed by atoms with van der Waals surface area (Å²) in [5, 5.41) is 15.7. The summed E-state index contributed by atoms with van der Waals surface area (Å²) in [7, 11) is 1.63. The topological polar surface area (TPSA) is 96.5 Å². The van der Waals surface area contributed by atoms with E-state index >= 15 is 0 Å². The Morgan fingerprint density at radius 3 is 2.74 bits per heavy atom. The molecule has 7 nitrogen and oxygen atoms in total. The Balaban J connectivity index is 1.94. The van der Waals surface area contributed by atoms with Gasteiger partial charge in [-0.15, -0.1) is 0 Å². The van der Waals surface area contributed by atoms with Crippen LogP contribution in [0.2, 0.25) is 0 Å². The van der Waals surface area contributed by atoms with Crippen LogP contribution in [0.5, 0.6) is 5.75 Å². The van der Waals surface area contributed by atoms with E-state index in [1.54, 1.807) is 19.2 Å². The summed E-state index contributed by atoms with van der Waals surface area (Å²) >= 11 is 0. The van der Waals surface area contributed by atoms with Crippen molar-refractivity contribution in [1.82, 2.24) is 10.2 Å². The van der Waals surface area contributed by atoms with Gasteiger partial charge in [0.05, 0.1) is 18.0 Å². The van der Waals surface area contributed by atoms with E-state index in [9.17, 15) is 10.0 Å². The maximum absolute atomic E-state index is 11.2. The van der Waals surface area contributed by atoms with Crippen LogP contribution in [0.1, 0.15) is 11.3 Å². The number of anilines is 1. The van der Waals surface area contributed by atoms with E-state index in [1.165, 1.54) is 6.07 Å². The zero-order valence-electron chi connectivity index (χ0n) is 14.9. The van der Waals surface area contributed by atoms with Gasteiger partial charge in [0.15, 0.2) is 0 Å². The Hall–Kier alpha value is -3.16. The predicted octanol–water partition coefficient (Wildman–Crippen LogP) is 2.85. The Bertz CT molecular complexity index is 935. The second-order valence-corrected chi connectivity index (χ2v) is 5.95. The van der Waals surface area contributed by atoms with Gasteiger partial charge in [-0.3, -0.25) is 15.5 Å². The molecule has 1 aromatic heterocycles. The molecule has 0 aliphatic heterocycles. The summed E-state index contributed by atoms with van der Waals surface area (Å²) in [6.45, 7) is 0.920. The lowest BCUT2D eigenvalue weighted by molar-refractivity contribution is 0.146. The van der Waals surface area contributed by atoms with E-state index in [0.717, 1.165) is 28.1 Å². The monoisotopic (exact) mass is 367 g/mol. The first kappa shape index (κ1) is 18.6. The minimum absolute atomic E-state index is 0.227. The fourth-order valence-electron chi connectivity index (χ4n) is 2.71. The standard InChI is InChI=1S/C20H21N3O4/c1-26-9-10-27-19-7-5-14(11-16-6-8-20(24)22-21-16)12-18(19)15-3-2-4-17(13-15)23-25/h2-8,12-13,23,25H,9-11H2,1H3,(H,22,24). The number of ether oxygens (including phenoxy) is 2. The van der Waals surface area contributed by atoms with Crippen molar-refractivity contribution in [2.24, 2.45) is 0 Å². The van der Waals surface area contributed by atoms with Crippen LogP contribution in [0.25, 0.3) is 11.1 Å². The van der Waals surface area contributed by atoms with Crippen LogP contribution in [0.15, 0.2) is 59.4 Å². The van der Waals surface area contributed by atoms with Crippen molar-refractivity contribution in [2.75, 3.05) is 25.8 Å². The van der Waals surface area contributed by atoms with Crippen molar-refractivity contribution in [3.05, 3.63) is 76.2 Å². The molecule has 7 heteroatoms. The normalized spacial score (nSPS) is 10.6. The minimum atomic E-state index is -0.227. The van der Waals surface area contributed by atoms with Crippen LogP contribution in [0, 0.1) is 0 Å². The highest BCUT2D eigenvalue weighted by molar-refractivity contribution is 5.74. The molecule has 2 aromatic carbocycles. The average Bonchev–Trinajstić information content (AvgIpc) is 2.71. The Labute approximate surface area is 156 Å². The molecule has 140 valence electrons. The van der Waals surface area contributed by atoms with Crippen LogP contribution in [-0.4, -0.2) is 35.7 Å². The van der Waals surface area contributed by atoms with Gasteiger partial charge in [-0.2, -0.15) is 5.10 Å². The highest BCUT2D eigenvalue weighted by Gasteiger charge is 2.10. The van der Waals surface area contributed by atoms with E-state index in [1.807, 2.05) is 36.4 Å². The molecule has 0 unspecified atom stereocenters. The fraction of sp³-hybridized carbons (Fsp3) is 0.200. The van der Waals surface area contributed by atoms with Crippen LogP contribution in [-0.2, 0) is 11.2 Å². The third-order valence-electron chi connectivity index (χ3n) is 4.01. The highest BCUT2D eigenvalue weighted by atomic mass is 16.5. The number of aromatic nitrogens is 2. The van der Waals surface area contributed by atoms with Crippen LogP contribution >= 0.6 is 0 Å². The van der Waals surface area contributed by atoms with Crippen LogP contribution in [0.3, 0.4) is 0 Å². The second-order valence-electron chi connectivity index (χ2n) is 5.95. The Morgan fingerprint density at radius 2 is 2.00 bits per heavy atom. The second kappa shape index (κ2) is 8.98. The number of methoxy groups -OCH3 is 1. The Kier molecular flexibility index (Phi) is 6.19. The third-order valence-corrected chi connectivity index (χ3v) is 4.01. The van der Waals surface area contributed by atoms with Gasteiger partial charge < -0.3 is 9.47 Å². The maximum Gasteiger partial charge on any atom is 0.264 e. The molecule has 27 heavy (non-hydrogen) atoms. The third kappa shape index (κ3) is 4.93. The summed E-state index contributed by atoms with van der Waals surface area (Å²) in [6.07, 6.45) is 0.570. The van der Waals surface area contributed by atoms with Gasteiger partial charge in [-0.1, -0.05) is 18.2 Å². The molecule has 0 bridgehead atoms. The number of H-pyrrole nitrogens is 1. The number of benzene rings is 2. The molecule has 0 spiro atoms. The highest BCUT2D eigenvalue weighted by Crippen LogP contribution is 2.33. The summed E-state index contributed by atoms with van der Waals surface area (Å²) in [5.74, 6) is 0.723. The Morgan fingerprint density at radius 1 is 1.11 bits per heavy atom. The molecule has 3 N–H and O–H groups in total. The number of nitrogens with zero attached hydrogens (tertiary/aromatic N) is 1. The van der Waals surface area contributed by atoms with Crippen molar-refractivity contribution in [3.63, 3.8) is 0 Å². The van der Waals surface area contributed by atoms with Crippen molar-refractivity contribution in [1.29, 1.82) is 0 Å². The summed E-state index contributed by atoms with van der Waals surface area (Å²) < 4.78 is 10.9. The predicted molar refractivity (Wildman–Crippen MR) is 102 cm³/mol. The molecule has 0 saturated carbocycles. The molecule has 0 amide bonds. The van der Waals surface area contributed by atoms with Gasteiger partial charge in [0.2, 0.25) is 0 Å². The van der Waals surface area contributed by atoms with Crippen molar-refractivity contribution >= 4 is 5.69 Å². The lowest BCUT2D eigenvalue weighted by atomic mass is 9.99. The lowest BCUT2D eigenvalue weighted by Crippen LogP contribution is -2.08. The zero-order chi connectivity index (χ0) is 19.1. The number of aromatic amines is 1. The van der Waals surface area contributed by atoms with Crippen molar-refractivity contribution in [2.45, 2.75) is 6.42 Å². The number of hydrogen-bond acceptors (Lipinski definition) is 6. The van der Waals surface area contributed by atoms with Gasteiger partial charge >= 0.3 is 0 Å². The SMILES string of the molecule is COCCOc1ccc(Cc2ccc(=O)[nH]n2)cc1-c1cccc(NO)c1.